The molecule has 0 aromatic rings. The van der Waals surface area contributed by atoms with Crippen molar-refractivity contribution in [3.05, 3.63) is 12.2 Å². The lowest BCUT2D eigenvalue weighted by Crippen LogP contribution is -2.44. The predicted octanol–water partition coefficient (Wildman–Crippen LogP) is 0.406. The van der Waals surface area contributed by atoms with Gasteiger partial charge in [-0.25, -0.2) is 14.5 Å². The number of esters is 2. The van der Waals surface area contributed by atoms with Crippen LogP contribution in [0, 0.1) is 5.92 Å². The number of cyclic esters (lactones) is 2. The van der Waals surface area contributed by atoms with E-state index < -0.39 is 35.5 Å². The molecule has 2 aliphatic rings. The molecule has 8 nitrogen and oxygen atoms in total. The van der Waals surface area contributed by atoms with Crippen LogP contribution >= 0.6 is 0 Å². The van der Waals surface area contributed by atoms with E-state index in [1.165, 1.54) is 19.1 Å². The van der Waals surface area contributed by atoms with Crippen LogP contribution in [0.1, 0.15) is 20.3 Å². The summed E-state index contributed by atoms with van der Waals surface area (Å²) < 4.78 is 14.8. The van der Waals surface area contributed by atoms with Crippen molar-refractivity contribution >= 4 is 23.9 Å². The molecule has 2 atom stereocenters. The summed E-state index contributed by atoms with van der Waals surface area (Å²) in [6.07, 6.45) is 1.56. The molecular formula is C14H17NO7. The molecule has 2 heterocycles. The molecule has 0 aliphatic carbocycles. The van der Waals surface area contributed by atoms with Crippen LogP contribution in [0.25, 0.3) is 0 Å². The van der Waals surface area contributed by atoms with E-state index in [1.807, 2.05) is 0 Å². The number of amides is 2. The van der Waals surface area contributed by atoms with Crippen molar-refractivity contribution in [3.63, 3.8) is 0 Å². The van der Waals surface area contributed by atoms with Crippen molar-refractivity contribution in [1.29, 1.82) is 0 Å². The zero-order chi connectivity index (χ0) is 16.3. The van der Waals surface area contributed by atoms with Crippen LogP contribution in [0.3, 0.4) is 0 Å². The van der Waals surface area contributed by atoms with Gasteiger partial charge in [-0.3, -0.25) is 9.59 Å². The van der Waals surface area contributed by atoms with Crippen molar-refractivity contribution in [2.75, 3.05) is 19.8 Å². The van der Waals surface area contributed by atoms with E-state index in [4.69, 9.17) is 14.2 Å². The van der Waals surface area contributed by atoms with Gasteiger partial charge in [0.05, 0.1) is 13.2 Å². The second-order valence-electron chi connectivity index (χ2n) is 5.11. The molecule has 1 fully saturated rings. The number of nitrogens with zero attached hydrogens (tertiary/aromatic N) is 1. The summed E-state index contributed by atoms with van der Waals surface area (Å²) in [4.78, 5) is 48.0. The number of carbonyl (C=O) groups excluding carboxylic acids is 4. The first-order valence-corrected chi connectivity index (χ1v) is 6.93. The van der Waals surface area contributed by atoms with Gasteiger partial charge in [0.15, 0.2) is 0 Å². The van der Waals surface area contributed by atoms with Crippen molar-refractivity contribution in [3.8, 4) is 0 Å². The fourth-order valence-corrected chi connectivity index (χ4v) is 2.37. The third-order valence-electron chi connectivity index (χ3n) is 3.57. The van der Waals surface area contributed by atoms with Gasteiger partial charge in [-0.15, -0.1) is 0 Å². The molecule has 2 amide bonds. The van der Waals surface area contributed by atoms with Gasteiger partial charge in [-0.2, -0.15) is 0 Å². The van der Waals surface area contributed by atoms with Gasteiger partial charge in [0.1, 0.15) is 18.1 Å². The van der Waals surface area contributed by atoms with Crippen molar-refractivity contribution in [1.82, 2.24) is 4.90 Å². The van der Waals surface area contributed by atoms with Gasteiger partial charge in [-0.1, -0.05) is 0 Å². The SMILES string of the molecule is CCOC(=O)C(CC(=O)N1CCOC1=O)[C@]1(C)C=CC(=O)O1. The molecule has 1 saturated heterocycles. The first-order valence-electron chi connectivity index (χ1n) is 6.93. The molecule has 0 saturated carbocycles. The van der Waals surface area contributed by atoms with Crippen LogP contribution in [-0.2, 0) is 28.6 Å². The van der Waals surface area contributed by atoms with Crippen molar-refractivity contribution < 1.29 is 33.4 Å². The molecule has 0 N–H and O–H groups in total. The minimum atomic E-state index is -1.28. The molecule has 0 bridgehead atoms. The number of ether oxygens (including phenoxy) is 3. The van der Waals surface area contributed by atoms with Crippen LogP contribution < -0.4 is 0 Å². The summed E-state index contributed by atoms with van der Waals surface area (Å²) in [5.41, 5.74) is -1.28. The molecule has 2 rings (SSSR count). The molecule has 22 heavy (non-hydrogen) atoms. The van der Waals surface area contributed by atoms with E-state index in [0.29, 0.717) is 0 Å². The first-order chi connectivity index (χ1) is 10.4. The molecule has 0 spiro atoms. The fourth-order valence-electron chi connectivity index (χ4n) is 2.37. The lowest BCUT2D eigenvalue weighted by molar-refractivity contribution is -0.165. The Morgan fingerprint density at radius 2 is 2.18 bits per heavy atom. The Kier molecular flexibility index (Phi) is 4.48. The standard InChI is InChI=1S/C14H17NO7/c1-3-20-12(18)9(14(2)5-4-11(17)22-14)8-10(16)15-6-7-21-13(15)19/h4-5,9H,3,6-8H2,1-2H3/t9?,14-/m0/s1. The normalized spacial score (nSPS) is 24.9. The molecule has 1 unspecified atom stereocenters. The summed E-state index contributed by atoms with van der Waals surface area (Å²) in [6, 6.07) is 0. The Bertz CT molecular complexity index is 541. The lowest BCUT2D eigenvalue weighted by atomic mass is 9.86. The summed E-state index contributed by atoms with van der Waals surface area (Å²) in [5, 5.41) is 0. The first kappa shape index (κ1) is 16.0. The third-order valence-corrected chi connectivity index (χ3v) is 3.57. The third kappa shape index (κ3) is 3.10. The van der Waals surface area contributed by atoms with E-state index in [0.717, 1.165) is 4.90 Å². The van der Waals surface area contributed by atoms with Crippen LogP contribution in [0.2, 0.25) is 0 Å². The van der Waals surface area contributed by atoms with Gasteiger partial charge >= 0.3 is 18.0 Å². The van der Waals surface area contributed by atoms with Gasteiger partial charge in [0.25, 0.3) is 0 Å². The molecule has 0 aromatic carbocycles. The number of imide groups is 1. The average molecular weight is 311 g/mol. The summed E-state index contributed by atoms with van der Waals surface area (Å²) in [6.45, 7) is 3.54. The highest BCUT2D eigenvalue weighted by Crippen LogP contribution is 2.32. The van der Waals surface area contributed by atoms with Crippen LogP contribution in [0.5, 0.6) is 0 Å². The van der Waals surface area contributed by atoms with Crippen LogP contribution in [0.15, 0.2) is 12.2 Å². The Labute approximate surface area is 127 Å². The van der Waals surface area contributed by atoms with E-state index in [9.17, 15) is 19.2 Å². The molecule has 0 aromatic heterocycles. The maximum atomic E-state index is 12.2. The quantitative estimate of drug-likeness (QED) is 0.535. The van der Waals surface area contributed by atoms with E-state index in [-0.39, 0.29) is 26.2 Å². The average Bonchev–Trinajstić information content (AvgIpc) is 3.02. The molecule has 120 valence electrons. The topological polar surface area (TPSA) is 99.2 Å². The van der Waals surface area contributed by atoms with Crippen molar-refractivity contribution in [2.45, 2.75) is 25.9 Å². The maximum absolute atomic E-state index is 12.2. The second kappa shape index (κ2) is 6.17. The number of hydrogen-bond donors (Lipinski definition) is 0. The summed E-state index contributed by atoms with van der Waals surface area (Å²) in [7, 11) is 0. The highest BCUT2D eigenvalue weighted by atomic mass is 16.6. The lowest BCUT2D eigenvalue weighted by Gasteiger charge is -2.30. The van der Waals surface area contributed by atoms with Gasteiger partial charge < -0.3 is 14.2 Å². The number of carbonyl (C=O) groups is 4. The Balaban J connectivity index is 2.16. The van der Waals surface area contributed by atoms with Gasteiger partial charge in [0, 0.05) is 12.5 Å². The van der Waals surface area contributed by atoms with E-state index in [1.54, 1.807) is 6.92 Å². The highest BCUT2D eigenvalue weighted by Gasteiger charge is 2.46. The van der Waals surface area contributed by atoms with Crippen molar-refractivity contribution in [2.24, 2.45) is 5.92 Å². The van der Waals surface area contributed by atoms with Gasteiger partial charge in [0.2, 0.25) is 5.91 Å². The second-order valence-corrected chi connectivity index (χ2v) is 5.11. The zero-order valence-corrected chi connectivity index (χ0v) is 12.4. The minimum Gasteiger partial charge on any atom is -0.466 e. The monoisotopic (exact) mass is 311 g/mol. The smallest absolute Gasteiger partial charge is 0.416 e. The largest absolute Gasteiger partial charge is 0.466 e. The number of hydrogen-bond acceptors (Lipinski definition) is 7. The summed E-state index contributed by atoms with van der Waals surface area (Å²) in [5.74, 6) is -2.86. The van der Waals surface area contributed by atoms with Crippen LogP contribution in [0.4, 0.5) is 4.79 Å². The van der Waals surface area contributed by atoms with Crippen LogP contribution in [-0.4, -0.2) is 54.2 Å². The minimum absolute atomic E-state index is 0.126. The maximum Gasteiger partial charge on any atom is 0.416 e. The Morgan fingerprint density at radius 1 is 1.45 bits per heavy atom. The molecule has 2 aliphatic heterocycles. The molecule has 8 heteroatoms. The predicted molar refractivity (Wildman–Crippen MR) is 71.4 cm³/mol. The fraction of sp³-hybridized carbons (Fsp3) is 0.571. The van der Waals surface area contributed by atoms with Gasteiger partial charge in [-0.05, 0) is 19.9 Å². The molecular weight excluding hydrogens is 294 g/mol. The Morgan fingerprint density at radius 3 is 2.68 bits per heavy atom. The van der Waals surface area contributed by atoms with E-state index in [2.05, 4.69) is 0 Å². The zero-order valence-electron chi connectivity index (χ0n) is 12.4. The summed E-state index contributed by atoms with van der Waals surface area (Å²) >= 11 is 0. The Hall–Kier alpha value is -2.38. The van der Waals surface area contributed by atoms with E-state index >= 15 is 0 Å². The number of rotatable bonds is 5. The molecule has 0 radical (unpaired) electrons. The highest BCUT2D eigenvalue weighted by molar-refractivity contribution is 5.95.